The number of carbonyl (C=O) groups excluding carboxylic acids is 1. The summed E-state index contributed by atoms with van der Waals surface area (Å²) in [6.07, 6.45) is 0. The third-order valence-corrected chi connectivity index (χ3v) is 4.13. The number of rotatable bonds is 5. The van der Waals surface area contributed by atoms with Crippen LogP contribution in [0.5, 0.6) is 5.75 Å². The van der Waals surface area contributed by atoms with Crippen LogP contribution in [0.15, 0.2) is 59.4 Å². The number of ether oxygens (including phenoxy) is 1. The van der Waals surface area contributed by atoms with Gasteiger partial charge in [-0.25, -0.2) is 4.68 Å². The zero-order chi connectivity index (χ0) is 19.4. The summed E-state index contributed by atoms with van der Waals surface area (Å²) in [5, 5.41) is 7.71. The Kier molecular flexibility index (Phi) is 5.78. The predicted octanol–water partition coefficient (Wildman–Crippen LogP) is 3.86. The van der Waals surface area contributed by atoms with Gasteiger partial charge in [0.05, 0.1) is 12.8 Å². The molecule has 0 fully saturated rings. The average molecular weight is 404 g/mol. The van der Waals surface area contributed by atoms with E-state index in [0.717, 1.165) is 10.2 Å². The number of amides is 1. The first-order valence-electron chi connectivity index (χ1n) is 7.93. The molecule has 0 atom stereocenters. The van der Waals surface area contributed by atoms with Gasteiger partial charge in [0.15, 0.2) is 0 Å². The van der Waals surface area contributed by atoms with E-state index in [1.807, 2.05) is 12.1 Å². The molecule has 27 heavy (non-hydrogen) atoms. The van der Waals surface area contributed by atoms with Crippen LogP contribution in [0.2, 0.25) is 10.0 Å². The number of methoxy groups -OCH3 is 1. The number of anilines is 1. The Morgan fingerprint density at radius 1 is 1.07 bits per heavy atom. The summed E-state index contributed by atoms with van der Waals surface area (Å²) in [4.78, 5) is 24.3. The fourth-order valence-electron chi connectivity index (χ4n) is 2.44. The van der Waals surface area contributed by atoms with E-state index in [-0.39, 0.29) is 12.1 Å². The highest BCUT2D eigenvalue weighted by molar-refractivity contribution is 6.35. The number of benzene rings is 2. The quantitative estimate of drug-likeness (QED) is 0.701. The van der Waals surface area contributed by atoms with Crippen LogP contribution in [-0.2, 0) is 11.3 Å². The van der Waals surface area contributed by atoms with Gasteiger partial charge in [0, 0.05) is 27.4 Å². The number of nitrogens with one attached hydrogen (secondary N) is 1. The second-order valence-corrected chi connectivity index (χ2v) is 6.52. The molecule has 0 saturated carbocycles. The molecular weight excluding hydrogens is 389 g/mol. The molecule has 3 rings (SSSR count). The average Bonchev–Trinajstić information content (AvgIpc) is 2.62. The molecule has 8 heteroatoms. The van der Waals surface area contributed by atoms with E-state index < -0.39 is 5.91 Å². The lowest BCUT2D eigenvalue weighted by molar-refractivity contribution is -0.117. The molecule has 0 spiro atoms. The largest absolute Gasteiger partial charge is 0.497 e. The Hall–Kier alpha value is -2.83. The van der Waals surface area contributed by atoms with Crippen LogP contribution in [0.4, 0.5) is 5.69 Å². The standard InChI is InChI=1S/C19H15Cl2N3O3/c1-27-16-4-2-12(3-5-16)17-6-7-19(26)24(23-17)11-18(25)22-15-9-13(20)8-14(21)10-15/h2-10H,11H2,1H3,(H,22,25). The van der Waals surface area contributed by atoms with Crippen molar-refractivity contribution in [2.45, 2.75) is 6.54 Å². The Balaban J connectivity index is 1.79. The van der Waals surface area contributed by atoms with Gasteiger partial charge >= 0.3 is 0 Å². The second-order valence-electron chi connectivity index (χ2n) is 5.65. The highest BCUT2D eigenvalue weighted by atomic mass is 35.5. The van der Waals surface area contributed by atoms with Crippen LogP contribution in [-0.4, -0.2) is 22.8 Å². The van der Waals surface area contributed by atoms with Crippen molar-refractivity contribution < 1.29 is 9.53 Å². The van der Waals surface area contributed by atoms with Gasteiger partial charge in [0.2, 0.25) is 5.91 Å². The van der Waals surface area contributed by atoms with Crippen molar-refractivity contribution in [3.05, 3.63) is 75.0 Å². The monoisotopic (exact) mass is 403 g/mol. The predicted molar refractivity (Wildman–Crippen MR) is 106 cm³/mol. The normalized spacial score (nSPS) is 10.5. The maximum atomic E-state index is 12.3. The van der Waals surface area contributed by atoms with Crippen LogP contribution in [0, 0.1) is 0 Å². The molecule has 1 amide bonds. The number of hydrogen-bond donors (Lipinski definition) is 1. The Morgan fingerprint density at radius 3 is 2.37 bits per heavy atom. The molecule has 0 aliphatic carbocycles. The summed E-state index contributed by atoms with van der Waals surface area (Å²) in [6.45, 7) is -0.243. The van der Waals surface area contributed by atoms with Gasteiger partial charge < -0.3 is 10.1 Å². The molecule has 6 nitrogen and oxygen atoms in total. The summed E-state index contributed by atoms with van der Waals surface area (Å²) in [6, 6.07) is 14.9. The fraction of sp³-hybridized carbons (Fsp3) is 0.105. The molecule has 2 aromatic carbocycles. The highest BCUT2D eigenvalue weighted by Crippen LogP contribution is 2.22. The number of carbonyl (C=O) groups is 1. The first-order valence-corrected chi connectivity index (χ1v) is 8.69. The molecule has 0 aliphatic rings. The molecule has 3 aromatic rings. The lowest BCUT2D eigenvalue weighted by Crippen LogP contribution is -2.29. The van der Waals surface area contributed by atoms with Crippen molar-refractivity contribution in [2.75, 3.05) is 12.4 Å². The van der Waals surface area contributed by atoms with Crippen molar-refractivity contribution in [1.82, 2.24) is 9.78 Å². The Labute approximate surface area is 165 Å². The molecule has 1 heterocycles. The van der Waals surface area contributed by atoms with Gasteiger partial charge in [-0.1, -0.05) is 23.2 Å². The lowest BCUT2D eigenvalue weighted by atomic mass is 10.1. The van der Waals surface area contributed by atoms with E-state index in [0.29, 0.717) is 27.2 Å². The third-order valence-electron chi connectivity index (χ3n) is 3.69. The van der Waals surface area contributed by atoms with Gasteiger partial charge in [-0.05, 0) is 48.5 Å². The minimum atomic E-state index is -0.421. The summed E-state index contributed by atoms with van der Waals surface area (Å²) in [7, 11) is 1.58. The number of halogens is 2. The molecule has 0 radical (unpaired) electrons. The lowest BCUT2D eigenvalue weighted by Gasteiger charge is -2.09. The van der Waals surface area contributed by atoms with Gasteiger partial charge in [-0.2, -0.15) is 5.10 Å². The molecule has 1 N–H and O–H groups in total. The maximum absolute atomic E-state index is 12.3. The van der Waals surface area contributed by atoms with E-state index in [9.17, 15) is 9.59 Å². The molecule has 0 unspecified atom stereocenters. The summed E-state index contributed by atoms with van der Waals surface area (Å²) in [5.41, 5.74) is 1.42. The van der Waals surface area contributed by atoms with Crippen molar-refractivity contribution in [3.8, 4) is 17.0 Å². The summed E-state index contributed by atoms with van der Waals surface area (Å²) in [5.74, 6) is 0.293. The number of aromatic nitrogens is 2. The zero-order valence-corrected chi connectivity index (χ0v) is 15.8. The van der Waals surface area contributed by atoms with Crippen LogP contribution >= 0.6 is 23.2 Å². The van der Waals surface area contributed by atoms with Crippen molar-refractivity contribution >= 4 is 34.8 Å². The van der Waals surface area contributed by atoms with E-state index >= 15 is 0 Å². The first-order chi connectivity index (χ1) is 12.9. The highest BCUT2D eigenvalue weighted by Gasteiger charge is 2.09. The van der Waals surface area contributed by atoms with E-state index in [1.165, 1.54) is 6.07 Å². The molecule has 138 valence electrons. The van der Waals surface area contributed by atoms with Crippen LogP contribution in [0.1, 0.15) is 0 Å². The Bertz CT molecular complexity index is 1010. The van der Waals surface area contributed by atoms with Gasteiger partial charge in [-0.15, -0.1) is 0 Å². The summed E-state index contributed by atoms with van der Waals surface area (Å²) >= 11 is 11.8. The van der Waals surface area contributed by atoms with Crippen LogP contribution in [0.25, 0.3) is 11.3 Å². The van der Waals surface area contributed by atoms with Crippen molar-refractivity contribution in [1.29, 1.82) is 0 Å². The first kappa shape index (κ1) is 18.9. The second kappa shape index (κ2) is 8.24. The molecule has 1 aromatic heterocycles. The summed E-state index contributed by atoms with van der Waals surface area (Å²) < 4.78 is 6.22. The van der Waals surface area contributed by atoms with Crippen molar-refractivity contribution in [2.24, 2.45) is 0 Å². The maximum Gasteiger partial charge on any atom is 0.267 e. The minimum Gasteiger partial charge on any atom is -0.497 e. The Morgan fingerprint density at radius 2 is 1.74 bits per heavy atom. The van der Waals surface area contributed by atoms with E-state index in [2.05, 4.69) is 10.4 Å². The third kappa shape index (κ3) is 4.87. The SMILES string of the molecule is COc1ccc(-c2ccc(=O)n(CC(=O)Nc3cc(Cl)cc(Cl)c3)n2)cc1. The number of hydrogen-bond acceptors (Lipinski definition) is 4. The van der Waals surface area contributed by atoms with Crippen LogP contribution < -0.4 is 15.6 Å². The topological polar surface area (TPSA) is 73.2 Å². The van der Waals surface area contributed by atoms with Gasteiger partial charge in [-0.3, -0.25) is 9.59 Å². The minimum absolute atomic E-state index is 0.243. The van der Waals surface area contributed by atoms with Gasteiger partial charge in [0.25, 0.3) is 5.56 Å². The molecule has 0 bridgehead atoms. The van der Waals surface area contributed by atoms with Crippen molar-refractivity contribution in [3.63, 3.8) is 0 Å². The molecular formula is C19H15Cl2N3O3. The molecule has 0 saturated heterocycles. The van der Waals surface area contributed by atoms with Crippen LogP contribution in [0.3, 0.4) is 0 Å². The molecule has 0 aliphatic heterocycles. The van der Waals surface area contributed by atoms with Gasteiger partial charge in [0.1, 0.15) is 12.3 Å². The van der Waals surface area contributed by atoms with E-state index in [4.69, 9.17) is 27.9 Å². The zero-order valence-electron chi connectivity index (χ0n) is 14.3. The fourth-order valence-corrected chi connectivity index (χ4v) is 2.97. The smallest absolute Gasteiger partial charge is 0.267 e. The van der Waals surface area contributed by atoms with E-state index in [1.54, 1.807) is 43.5 Å². The number of nitrogens with zero attached hydrogens (tertiary/aromatic N) is 2.